The number of benzene rings is 1. The fourth-order valence-electron chi connectivity index (χ4n) is 3.98. The van der Waals surface area contributed by atoms with Gasteiger partial charge in [-0.15, -0.1) is 0 Å². The number of aliphatic hydroxyl groups is 1. The van der Waals surface area contributed by atoms with Crippen molar-refractivity contribution in [1.82, 2.24) is 9.80 Å². The molecule has 0 aromatic heterocycles. The maximum atomic E-state index is 13.4. The Bertz CT molecular complexity index is 705. The summed E-state index contributed by atoms with van der Waals surface area (Å²) >= 11 is 6.39. The number of amides is 1. The number of hydrogen-bond donors (Lipinski definition) is 1. The predicted molar refractivity (Wildman–Crippen MR) is 116 cm³/mol. The lowest BCUT2D eigenvalue weighted by Gasteiger charge is -2.47. The molecular weight excluding hydrogens is 392 g/mol. The zero-order valence-corrected chi connectivity index (χ0v) is 19.3. The van der Waals surface area contributed by atoms with Crippen LogP contribution in [0.4, 0.5) is 0 Å². The monoisotopic (exact) mass is 426 g/mol. The Kier molecular flexibility index (Phi) is 8.20. The molecule has 0 spiro atoms. The second-order valence-electron chi connectivity index (χ2n) is 8.25. The molecule has 1 fully saturated rings. The average molecular weight is 427 g/mol. The summed E-state index contributed by atoms with van der Waals surface area (Å²) in [5.41, 5.74) is -0.270. The molecule has 2 atom stereocenters. The Balaban J connectivity index is 2.31. The normalized spacial score (nSPS) is 20.6. The van der Waals surface area contributed by atoms with Crippen LogP contribution in [0.1, 0.15) is 57.8 Å². The van der Waals surface area contributed by atoms with Crippen LogP contribution in [0.15, 0.2) is 12.1 Å². The van der Waals surface area contributed by atoms with Gasteiger partial charge in [-0.1, -0.05) is 25.4 Å². The number of carbonyl (C=O) groups excluding carboxylic acids is 1. The number of hydrogen-bond acceptors (Lipinski definition) is 5. The lowest BCUT2D eigenvalue weighted by Crippen LogP contribution is -2.61. The van der Waals surface area contributed by atoms with Gasteiger partial charge in [0.05, 0.1) is 24.3 Å². The van der Waals surface area contributed by atoms with Crippen LogP contribution in [0, 0.1) is 0 Å². The number of piperazine rings is 1. The SMILES string of the molecule is CCOc1c(Cl)cc(C(=O)N2CC(CC)N(CC(C)(C)O)CC2CC)cc1OC. The standard InChI is InChI=1S/C22H35ClN2O4/c1-7-16-13-25(17(8-2)12-24(16)14-22(4,5)27)21(26)15-10-18(23)20(29-9-3)19(11-15)28-6/h10-11,16-17,27H,7-9,12-14H2,1-6H3. The van der Waals surface area contributed by atoms with E-state index in [2.05, 4.69) is 18.7 Å². The van der Waals surface area contributed by atoms with E-state index in [4.69, 9.17) is 21.1 Å². The summed E-state index contributed by atoms with van der Waals surface area (Å²) in [5.74, 6) is 0.867. The molecule has 29 heavy (non-hydrogen) atoms. The minimum Gasteiger partial charge on any atom is -0.493 e. The van der Waals surface area contributed by atoms with Crippen LogP contribution in [0.3, 0.4) is 0 Å². The highest BCUT2D eigenvalue weighted by atomic mass is 35.5. The van der Waals surface area contributed by atoms with Crippen LogP contribution in [0.25, 0.3) is 0 Å². The third-order valence-electron chi connectivity index (χ3n) is 5.37. The van der Waals surface area contributed by atoms with Crippen molar-refractivity contribution in [2.45, 2.75) is 65.1 Å². The van der Waals surface area contributed by atoms with Crippen molar-refractivity contribution in [2.24, 2.45) is 0 Å². The maximum Gasteiger partial charge on any atom is 0.254 e. The van der Waals surface area contributed by atoms with Crippen LogP contribution >= 0.6 is 11.6 Å². The summed E-state index contributed by atoms with van der Waals surface area (Å²) in [5, 5.41) is 10.7. The van der Waals surface area contributed by atoms with Crippen molar-refractivity contribution < 1.29 is 19.4 Å². The first kappa shape index (κ1) is 23.8. The summed E-state index contributed by atoms with van der Waals surface area (Å²) < 4.78 is 11.0. The zero-order valence-electron chi connectivity index (χ0n) is 18.5. The molecule has 164 valence electrons. The van der Waals surface area contributed by atoms with Crippen LogP contribution in [0.2, 0.25) is 5.02 Å². The number of methoxy groups -OCH3 is 1. The van der Waals surface area contributed by atoms with Crippen molar-refractivity contribution in [2.75, 3.05) is 33.4 Å². The van der Waals surface area contributed by atoms with Gasteiger partial charge in [0.2, 0.25) is 0 Å². The van der Waals surface area contributed by atoms with E-state index in [9.17, 15) is 9.90 Å². The number of carbonyl (C=O) groups is 1. The molecule has 1 aliphatic rings. The lowest BCUT2D eigenvalue weighted by molar-refractivity contribution is -0.0237. The molecule has 1 amide bonds. The number of rotatable bonds is 8. The van der Waals surface area contributed by atoms with E-state index in [-0.39, 0.29) is 18.0 Å². The van der Waals surface area contributed by atoms with E-state index < -0.39 is 5.60 Å². The zero-order chi connectivity index (χ0) is 21.8. The molecule has 1 aromatic carbocycles. The Hall–Kier alpha value is -1.50. The molecule has 6 nitrogen and oxygen atoms in total. The molecule has 2 rings (SSSR count). The van der Waals surface area contributed by atoms with Crippen LogP contribution in [0.5, 0.6) is 11.5 Å². The fourth-order valence-corrected chi connectivity index (χ4v) is 4.24. The molecule has 1 saturated heterocycles. The third-order valence-corrected chi connectivity index (χ3v) is 5.65. The highest BCUT2D eigenvalue weighted by Crippen LogP contribution is 2.37. The number of β-amino-alcohol motifs (C(OH)–C–C–N with tert-alkyl or cyclic N) is 1. The minimum atomic E-state index is -0.770. The first-order chi connectivity index (χ1) is 13.6. The van der Waals surface area contributed by atoms with E-state index >= 15 is 0 Å². The Morgan fingerprint density at radius 3 is 2.38 bits per heavy atom. The molecule has 0 bridgehead atoms. The number of ether oxygens (including phenoxy) is 2. The van der Waals surface area contributed by atoms with E-state index in [1.807, 2.05) is 25.7 Å². The van der Waals surface area contributed by atoms with Gasteiger partial charge < -0.3 is 19.5 Å². The average Bonchev–Trinajstić information content (AvgIpc) is 2.67. The molecule has 1 N–H and O–H groups in total. The molecular formula is C22H35ClN2O4. The van der Waals surface area contributed by atoms with Crippen molar-refractivity contribution in [3.63, 3.8) is 0 Å². The topological polar surface area (TPSA) is 62.2 Å². The molecule has 7 heteroatoms. The summed E-state index contributed by atoms with van der Waals surface area (Å²) in [4.78, 5) is 17.7. The Morgan fingerprint density at radius 1 is 1.21 bits per heavy atom. The maximum absolute atomic E-state index is 13.4. The molecule has 1 aliphatic heterocycles. The summed E-state index contributed by atoms with van der Waals surface area (Å²) in [6, 6.07) is 3.64. The van der Waals surface area contributed by atoms with Crippen molar-refractivity contribution in [3.05, 3.63) is 22.7 Å². The first-order valence-corrected chi connectivity index (χ1v) is 10.8. The second kappa shape index (κ2) is 10.0. The quantitative estimate of drug-likeness (QED) is 0.684. The molecule has 2 unspecified atom stereocenters. The summed E-state index contributed by atoms with van der Waals surface area (Å²) in [7, 11) is 1.54. The van der Waals surface area contributed by atoms with Crippen molar-refractivity contribution in [1.29, 1.82) is 0 Å². The van der Waals surface area contributed by atoms with Crippen LogP contribution in [-0.4, -0.2) is 71.8 Å². The van der Waals surface area contributed by atoms with E-state index in [1.54, 1.807) is 19.2 Å². The number of nitrogens with zero attached hydrogens (tertiary/aromatic N) is 2. The smallest absolute Gasteiger partial charge is 0.254 e. The predicted octanol–water partition coefficient (Wildman–Crippen LogP) is 3.83. The van der Waals surface area contributed by atoms with Crippen LogP contribution < -0.4 is 9.47 Å². The van der Waals surface area contributed by atoms with E-state index in [0.717, 1.165) is 19.4 Å². The first-order valence-electron chi connectivity index (χ1n) is 10.4. The van der Waals surface area contributed by atoms with Gasteiger partial charge in [0.15, 0.2) is 11.5 Å². The van der Waals surface area contributed by atoms with Gasteiger partial charge in [-0.3, -0.25) is 9.69 Å². The minimum absolute atomic E-state index is 0.0542. The van der Waals surface area contributed by atoms with E-state index in [0.29, 0.717) is 41.8 Å². The molecule has 0 radical (unpaired) electrons. The summed E-state index contributed by atoms with van der Waals surface area (Å²) in [6.07, 6.45) is 1.75. The lowest BCUT2D eigenvalue weighted by atomic mass is 9.98. The third kappa shape index (κ3) is 5.77. The summed E-state index contributed by atoms with van der Waals surface area (Å²) in [6.45, 7) is 12.1. The van der Waals surface area contributed by atoms with Gasteiger partial charge in [0, 0.05) is 37.3 Å². The van der Waals surface area contributed by atoms with E-state index in [1.165, 1.54) is 0 Å². The van der Waals surface area contributed by atoms with Gasteiger partial charge in [-0.05, 0) is 45.7 Å². The molecule has 1 heterocycles. The van der Waals surface area contributed by atoms with Gasteiger partial charge in [-0.2, -0.15) is 0 Å². The molecule has 0 saturated carbocycles. The molecule has 1 aromatic rings. The number of halogens is 1. The molecule has 0 aliphatic carbocycles. The van der Waals surface area contributed by atoms with Gasteiger partial charge in [0.1, 0.15) is 0 Å². The van der Waals surface area contributed by atoms with Gasteiger partial charge >= 0.3 is 0 Å². The van der Waals surface area contributed by atoms with Crippen molar-refractivity contribution >= 4 is 17.5 Å². The Morgan fingerprint density at radius 2 is 1.86 bits per heavy atom. The largest absolute Gasteiger partial charge is 0.493 e. The van der Waals surface area contributed by atoms with Crippen molar-refractivity contribution in [3.8, 4) is 11.5 Å². The highest BCUT2D eigenvalue weighted by molar-refractivity contribution is 6.32. The second-order valence-corrected chi connectivity index (χ2v) is 8.65. The Labute approximate surface area is 179 Å². The van der Waals surface area contributed by atoms with Gasteiger partial charge in [0.25, 0.3) is 5.91 Å². The fraction of sp³-hybridized carbons (Fsp3) is 0.682. The van der Waals surface area contributed by atoms with Gasteiger partial charge in [-0.25, -0.2) is 0 Å². The highest BCUT2D eigenvalue weighted by Gasteiger charge is 2.37. The van der Waals surface area contributed by atoms with Crippen LogP contribution in [-0.2, 0) is 0 Å².